The molecule has 3 aromatic rings. The number of rotatable bonds is 6. The van der Waals surface area contributed by atoms with Gasteiger partial charge < -0.3 is 10.5 Å². The first-order chi connectivity index (χ1) is 13.6. The van der Waals surface area contributed by atoms with Crippen LogP contribution >= 0.6 is 11.5 Å². The zero-order valence-corrected chi connectivity index (χ0v) is 17.0. The van der Waals surface area contributed by atoms with Gasteiger partial charge in [-0.15, -0.1) is 4.40 Å². The first kappa shape index (κ1) is 20.8. The predicted molar refractivity (Wildman–Crippen MR) is 106 cm³/mol. The standard InChI is InChI=1S/C18H16F2N4O3S2/c1-10-3-5-11(6-4-10)18-22-14(28-23-18)9-27-13-8-7-12(19)15(16(13)20)17(21)24-29(2,25)26/h3-8H,9H2,1-2H3,(H2,21,24). The van der Waals surface area contributed by atoms with Gasteiger partial charge in [0.2, 0.25) is 0 Å². The van der Waals surface area contributed by atoms with Gasteiger partial charge in [-0.2, -0.15) is 4.37 Å². The number of sulfonamides is 1. The third-order valence-electron chi connectivity index (χ3n) is 3.70. The van der Waals surface area contributed by atoms with Crippen LogP contribution in [0, 0.1) is 18.6 Å². The van der Waals surface area contributed by atoms with Crippen LogP contribution in [0.1, 0.15) is 16.1 Å². The Morgan fingerprint density at radius 3 is 2.55 bits per heavy atom. The Kier molecular flexibility index (Phi) is 5.89. The molecule has 0 amide bonds. The molecule has 0 aliphatic heterocycles. The van der Waals surface area contributed by atoms with E-state index in [1.54, 1.807) is 0 Å². The number of halogens is 2. The molecule has 2 N–H and O–H groups in total. The maximum atomic E-state index is 14.6. The van der Waals surface area contributed by atoms with Crippen molar-refractivity contribution in [1.82, 2.24) is 9.36 Å². The Hall–Kier alpha value is -2.92. The second-order valence-electron chi connectivity index (χ2n) is 6.11. The number of aryl methyl sites for hydroxylation is 1. The second-order valence-corrected chi connectivity index (χ2v) is 8.60. The van der Waals surface area contributed by atoms with Crippen molar-refractivity contribution < 1.29 is 21.9 Å². The number of nitrogens with zero attached hydrogens (tertiary/aromatic N) is 3. The zero-order valence-electron chi connectivity index (χ0n) is 15.4. The lowest BCUT2D eigenvalue weighted by molar-refractivity contribution is 0.288. The van der Waals surface area contributed by atoms with Crippen LogP contribution in [0.4, 0.5) is 8.78 Å². The second kappa shape index (κ2) is 8.21. The van der Waals surface area contributed by atoms with Crippen molar-refractivity contribution in [3.05, 3.63) is 64.2 Å². The van der Waals surface area contributed by atoms with Crippen molar-refractivity contribution >= 4 is 27.4 Å². The maximum Gasteiger partial charge on any atom is 0.252 e. The Bertz CT molecular complexity index is 1180. The molecule has 11 heteroatoms. The van der Waals surface area contributed by atoms with Crippen LogP contribution in [-0.4, -0.2) is 29.9 Å². The summed E-state index contributed by atoms with van der Waals surface area (Å²) in [6, 6.07) is 9.63. The zero-order chi connectivity index (χ0) is 21.2. The molecule has 0 unspecified atom stereocenters. The quantitative estimate of drug-likeness (QED) is 0.468. The molecule has 152 valence electrons. The third kappa shape index (κ3) is 5.12. The van der Waals surface area contributed by atoms with Gasteiger partial charge in [-0.1, -0.05) is 29.8 Å². The van der Waals surface area contributed by atoms with Crippen molar-refractivity contribution in [2.75, 3.05) is 6.26 Å². The molecule has 0 aliphatic rings. The number of benzene rings is 2. The Balaban J connectivity index is 1.81. The summed E-state index contributed by atoms with van der Waals surface area (Å²) in [5, 5.41) is 0.476. The van der Waals surface area contributed by atoms with Crippen LogP contribution < -0.4 is 10.5 Å². The smallest absolute Gasteiger partial charge is 0.252 e. The molecule has 1 aromatic heterocycles. The Morgan fingerprint density at radius 2 is 1.90 bits per heavy atom. The molecule has 0 radical (unpaired) electrons. The fraction of sp³-hybridized carbons (Fsp3) is 0.167. The van der Waals surface area contributed by atoms with Gasteiger partial charge in [0.1, 0.15) is 18.3 Å². The van der Waals surface area contributed by atoms with Gasteiger partial charge >= 0.3 is 0 Å². The predicted octanol–water partition coefficient (Wildman–Crippen LogP) is 3.04. The van der Waals surface area contributed by atoms with E-state index in [4.69, 9.17) is 10.5 Å². The van der Waals surface area contributed by atoms with E-state index >= 15 is 0 Å². The number of aromatic nitrogens is 2. The van der Waals surface area contributed by atoms with Crippen LogP contribution in [0.3, 0.4) is 0 Å². The van der Waals surface area contributed by atoms with Crippen LogP contribution in [0.5, 0.6) is 5.75 Å². The summed E-state index contributed by atoms with van der Waals surface area (Å²) in [6.07, 6.45) is 0.761. The van der Waals surface area contributed by atoms with Gasteiger partial charge in [-0.3, -0.25) is 0 Å². The summed E-state index contributed by atoms with van der Waals surface area (Å²) >= 11 is 1.08. The first-order valence-electron chi connectivity index (χ1n) is 8.20. The van der Waals surface area contributed by atoms with E-state index in [9.17, 15) is 17.2 Å². The van der Waals surface area contributed by atoms with Crippen molar-refractivity contribution in [1.29, 1.82) is 0 Å². The lowest BCUT2D eigenvalue weighted by Crippen LogP contribution is -2.19. The number of nitrogens with two attached hydrogens (primary N) is 1. The van der Waals surface area contributed by atoms with E-state index in [0.29, 0.717) is 10.8 Å². The van der Waals surface area contributed by atoms with E-state index in [2.05, 4.69) is 13.8 Å². The van der Waals surface area contributed by atoms with Gasteiger partial charge in [0, 0.05) is 5.56 Å². The summed E-state index contributed by atoms with van der Waals surface area (Å²) in [5.74, 6) is -2.82. The van der Waals surface area contributed by atoms with Crippen molar-refractivity contribution in [2.45, 2.75) is 13.5 Å². The Morgan fingerprint density at radius 1 is 1.21 bits per heavy atom. The highest BCUT2D eigenvalue weighted by atomic mass is 32.2. The minimum absolute atomic E-state index is 0.116. The number of hydrogen-bond donors (Lipinski definition) is 1. The summed E-state index contributed by atoms with van der Waals surface area (Å²) in [7, 11) is -3.93. The summed E-state index contributed by atoms with van der Waals surface area (Å²) in [4.78, 5) is 4.34. The van der Waals surface area contributed by atoms with E-state index in [-0.39, 0.29) is 12.4 Å². The summed E-state index contributed by atoms with van der Waals surface area (Å²) in [6.45, 7) is 1.85. The normalized spacial score (nSPS) is 12.2. The van der Waals surface area contributed by atoms with Crippen LogP contribution in [0.15, 0.2) is 40.8 Å². The van der Waals surface area contributed by atoms with E-state index in [1.807, 2.05) is 31.2 Å². The van der Waals surface area contributed by atoms with Crippen LogP contribution in [0.2, 0.25) is 0 Å². The highest BCUT2D eigenvalue weighted by Crippen LogP contribution is 2.25. The highest BCUT2D eigenvalue weighted by Gasteiger charge is 2.20. The van der Waals surface area contributed by atoms with Gasteiger partial charge in [0.25, 0.3) is 10.0 Å². The van der Waals surface area contributed by atoms with Crippen molar-refractivity contribution in [2.24, 2.45) is 10.1 Å². The van der Waals surface area contributed by atoms with Gasteiger partial charge in [0.05, 0.1) is 11.8 Å². The van der Waals surface area contributed by atoms with Gasteiger partial charge in [0.15, 0.2) is 22.4 Å². The lowest BCUT2D eigenvalue weighted by atomic mass is 10.1. The molecule has 0 atom stereocenters. The topological polar surface area (TPSA) is 108 Å². The molecule has 1 heterocycles. The van der Waals surface area contributed by atoms with Gasteiger partial charge in [-0.05, 0) is 30.6 Å². The average molecular weight is 438 g/mol. The van der Waals surface area contributed by atoms with Crippen LogP contribution in [-0.2, 0) is 16.6 Å². The minimum Gasteiger partial charge on any atom is -0.483 e. The third-order valence-corrected chi connectivity index (χ3v) is 4.92. The highest BCUT2D eigenvalue weighted by molar-refractivity contribution is 7.89. The average Bonchev–Trinajstić information content (AvgIpc) is 3.09. The number of ether oxygens (including phenoxy) is 1. The lowest BCUT2D eigenvalue weighted by Gasteiger charge is -2.10. The van der Waals surface area contributed by atoms with E-state index in [0.717, 1.165) is 41.0 Å². The van der Waals surface area contributed by atoms with Crippen molar-refractivity contribution in [3.8, 4) is 17.1 Å². The molecule has 29 heavy (non-hydrogen) atoms. The van der Waals surface area contributed by atoms with Crippen LogP contribution in [0.25, 0.3) is 11.4 Å². The number of hydrogen-bond acceptors (Lipinski definition) is 6. The summed E-state index contributed by atoms with van der Waals surface area (Å²) < 4.78 is 63.7. The van der Waals surface area contributed by atoms with E-state index in [1.165, 1.54) is 0 Å². The largest absolute Gasteiger partial charge is 0.483 e. The fourth-order valence-electron chi connectivity index (χ4n) is 2.38. The maximum absolute atomic E-state index is 14.6. The first-order valence-corrected chi connectivity index (χ1v) is 10.8. The number of amidine groups is 1. The summed E-state index contributed by atoms with van der Waals surface area (Å²) in [5.41, 5.74) is 6.62. The fourth-order valence-corrected chi connectivity index (χ4v) is 3.40. The molecule has 0 bridgehead atoms. The van der Waals surface area contributed by atoms with Gasteiger partial charge in [-0.25, -0.2) is 22.2 Å². The van der Waals surface area contributed by atoms with E-state index < -0.39 is 33.1 Å². The molecular weight excluding hydrogens is 422 g/mol. The molecule has 0 spiro atoms. The SMILES string of the molecule is Cc1ccc(-c2nsc(COc3ccc(F)c(/C(N)=N/S(C)(=O)=O)c3F)n2)cc1. The monoisotopic (exact) mass is 438 g/mol. The molecule has 3 rings (SSSR count). The minimum atomic E-state index is -3.93. The van der Waals surface area contributed by atoms with Crippen molar-refractivity contribution in [3.63, 3.8) is 0 Å². The molecule has 0 fully saturated rings. The molecule has 0 aliphatic carbocycles. The molecule has 0 saturated carbocycles. The molecule has 7 nitrogen and oxygen atoms in total. The molecule has 2 aromatic carbocycles. The Labute approximate surface area is 170 Å². The molecular formula is C18H16F2N4O3S2. The molecule has 0 saturated heterocycles.